The van der Waals surface area contributed by atoms with Crippen LogP contribution in [0.4, 0.5) is 0 Å². The van der Waals surface area contributed by atoms with Crippen LogP contribution < -0.4 is 5.56 Å². The van der Waals surface area contributed by atoms with Gasteiger partial charge in [-0.2, -0.15) is 0 Å². The first-order valence-corrected chi connectivity index (χ1v) is 4.75. The highest BCUT2D eigenvalue weighted by molar-refractivity contribution is 6.07. The van der Waals surface area contributed by atoms with E-state index >= 15 is 0 Å². The van der Waals surface area contributed by atoms with Crippen molar-refractivity contribution in [3.63, 3.8) is 0 Å². The molecule has 0 amide bonds. The number of rotatable bonds is 1. The zero-order chi connectivity index (χ0) is 11.0. The lowest BCUT2D eigenvalue weighted by molar-refractivity contribution is 0.187. The summed E-state index contributed by atoms with van der Waals surface area (Å²) in [7, 11) is 1.61. The van der Waals surface area contributed by atoms with Crippen molar-refractivity contribution in [3.05, 3.63) is 40.4 Å². The Labute approximate surface area is 87.6 Å². The van der Waals surface area contributed by atoms with E-state index in [4.69, 9.17) is 0 Å². The Morgan fingerprint density at radius 1 is 1.47 bits per heavy atom. The van der Waals surface area contributed by atoms with Gasteiger partial charge < -0.3 is 9.58 Å². The number of hydrogen-bond donors (Lipinski definition) is 1. The lowest BCUT2D eigenvalue weighted by atomic mass is 10.2. The van der Waals surface area contributed by atoms with Gasteiger partial charge in [0.15, 0.2) is 0 Å². The molecule has 4 nitrogen and oxygen atoms in total. The number of hydrogen-bond acceptors (Lipinski definition) is 3. The van der Waals surface area contributed by atoms with Crippen molar-refractivity contribution in [3.8, 4) is 0 Å². The van der Waals surface area contributed by atoms with Gasteiger partial charge in [-0.3, -0.25) is 4.79 Å². The fourth-order valence-corrected chi connectivity index (χ4v) is 1.61. The van der Waals surface area contributed by atoms with Crippen LogP contribution in [0, 0.1) is 0 Å². The zero-order valence-electron chi connectivity index (χ0n) is 8.64. The first-order chi connectivity index (χ1) is 7.11. The van der Waals surface area contributed by atoms with Crippen molar-refractivity contribution in [2.75, 3.05) is 0 Å². The molecule has 76 valence electrons. The van der Waals surface area contributed by atoms with Gasteiger partial charge in [-0.05, 0) is 19.1 Å². The molecule has 2 rings (SSSR count). The average molecular weight is 202 g/mol. The number of nitrogens with zero attached hydrogens (tertiary/aromatic N) is 2. The lowest BCUT2D eigenvalue weighted by Gasteiger charge is -2.11. The first-order valence-electron chi connectivity index (χ1n) is 4.75. The van der Waals surface area contributed by atoms with Crippen molar-refractivity contribution in [2.45, 2.75) is 13.0 Å². The maximum atomic E-state index is 11.9. The molecule has 1 aromatic carbocycles. The summed E-state index contributed by atoms with van der Waals surface area (Å²) >= 11 is 0. The summed E-state index contributed by atoms with van der Waals surface area (Å²) in [4.78, 5) is 16.1. The Morgan fingerprint density at radius 3 is 2.80 bits per heavy atom. The van der Waals surface area contributed by atoms with E-state index < -0.39 is 6.10 Å². The minimum atomic E-state index is -0.743. The number of aliphatic hydroxyl groups excluding tert-OH is 1. The molecular weight excluding hydrogens is 191 g/mol. The highest BCUT2D eigenvalue weighted by Gasteiger charge is 2.10. The minimum absolute atomic E-state index is 0.128. The second-order valence-corrected chi connectivity index (χ2v) is 3.53. The van der Waals surface area contributed by atoms with E-state index in [-0.39, 0.29) is 5.56 Å². The van der Waals surface area contributed by atoms with E-state index in [1.807, 2.05) is 6.07 Å². The molecule has 2 aromatic rings. The third-order valence-corrected chi connectivity index (χ3v) is 2.39. The second kappa shape index (κ2) is 3.51. The monoisotopic (exact) mass is 202 g/mol. The largest absolute Gasteiger partial charge is 0.386 e. The molecule has 0 radical (unpaired) electrons. The molecule has 0 saturated heterocycles. The van der Waals surface area contributed by atoms with Crippen molar-refractivity contribution in [1.82, 2.24) is 9.46 Å². The average Bonchev–Trinajstić information content (AvgIpc) is 2.23. The van der Waals surface area contributed by atoms with Gasteiger partial charge in [0.2, 0.25) is 13.5 Å². The molecule has 15 heavy (non-hydrogen) atoms. The predicted molar refractivity (Wildman–Crippen MR) is 60.6 cm³/mol. The van der Waals surface area contributed by atoms with Gasteiger partial charge in [-0.1, -0.05) is 12.1 Å². The van der Waals surface area contributed by atoms with Crippen LogP contribution >= 0.6 is 0 Å². The van der Waals surface area contributed by atoms with E-state index in [9.17, 15) is 9.90 Å². The van der Waals surface area contributed by atoms with E-state index in [0.29, 0.717) is 16.7 Å². The van der Waals surface area contributed by atoms with Crippen molar-refractivity contribution in [1.29, 1.82) is 0 Å². The minimum Gasteiger partial charge on any atom is -0.386 e. The molecule has 0 saturated carbocycles. The molecule has 0 spiro atoms. The molecule has 0 aliphatic rings. The van der Waals surface area contributed by atoms with Gasteiger partial charge in [-0.15, -0.1) is 0 Å². The van der Waals surface area contributed by atoms with Crippen LogP contribution in [-0.4, -0.2) is 22.5 Å². The molecule has 0 aliphatic carbocycles. The smallest absolute Gasteiger partial charge is 0.248 e. The van der Waals surface area contributed by atoms with Gasteiger partial charge in [0.05, 0.1) is 10.9 Å². The molecular formula is C10H11BN2O2. The first kappa shape index (κ1) is 9.92. The van der Waals surface area contributed by atoms with Crippen LogP contribution in [0.2, 0.25) is 0 Å². The Bertz CT molecular complexity index is 563. The summed E-state index contributed by atoms with van der Waals surface area (Å²) < 4.78 is 1.38. The number of aromatic nitrogens is 2. The Hall–Kier alpha value is -1.62. The van der Waals surface area contributed by atoms with Gasteiger partial charge in [-0.25, -0.2) is 4.98 Å². The molecule has 1 aromatic heterocycles. The Balaban J connectivity index is 2.89. The Morgan fingerprint density at radius 2 is 2.13 bits per heavy atom. The number of benzene rings is 1. The number of para-hydroxylation sites is 1. The summed E-state index contributed by atoms with van der Waals surface area (Å²) in [6, 6.07) is 7.12. The van der Waals surface area contributed by atoms with E-state index in [2.05, 4.69) is 4.98 Å². The third-order valence-electron chi connectivity index (χ3n) is 2.39. The number of fused-ring (bicyclic) bond motifs is 1. The van der Waals surface area contributed by atoms with Crippen molar-refractivity contribution in [2.24, 2.45) is 0 Å². The van der Waals surface area contributed by atoms with Crippen molar-refractivity contribution < 1.29 is 5.11 Å². The molecule has 1 N–H and O–H groups in total. The number of aliphatic hydroxyl groups is 1. The zero-order valence-corrected chi connectivity index (χ0v) is 8.64. The SMILES string of the molecule is Bn1c([C@@H](C)O)nc2ccccc2c1=O. The van der Waals surface area contributed by atoms with Crippen LogP contribution in [-0.2, 0) is 0 Å². The molecule has 1 atom stereocenters. The summed E-state index contributed by atoms with van der Waals surface area (Å²) in [6.45, 7) is 1.59. The van der Waals surface area contributed by atoms with Crippen LogP contribution in [0.3, 0.4) is 0 Å². The van der Waals surface area contributed by atoms with Gasteiger partial charge in [0.25, 0.3) is 0 Å². The Kier molecular flexibility index (Phi) is 2.32. The van der Waals surface area contributed by atoms with Crippen LogP contribution in [0.1, 0.15) is 18.9 Å². The maximum Gasteiger partial charge on any atom is 0.248 e. The summed E-state index contributed by atoms with van der Waals surface area (Å²) in [5.74, 6) is 0.388. The van der Waals surface area contributed by atoms with Crippen LogP contribution in [0.25, 0.3) is 10.9 Å². The van der Waals surface area contributed by atoms with Gasteiger partial charge in [0.1, 0.15) is 11.9 Å². The van der Waals surface area contributed by atoms with E-state index in [1.165, 1.54) is 4.48 Å². The van der Waals surface area contributed by atoms with E-state index in [0.717, 1.165) is 0 Å². The molecule has 5 heteroatoms. The van der Waals surface area contributed by atoms with Crippen LogP contribution in [0.15, 0.2) is 29.1 Å². The predicted octanol–water partition coefficient (Wildman–Crippen LogP) is -0.154. The fraction of sp³-hybridized carbons (Fsp3) is 0.200. The van der Waals surface area contributed by atoms with Gasteiger partial charge in [0, 0.05) is 0 Å². The fourth-order valence-electron chi connectivity index (χ4n) is 1.61. The molecule has 0 unspecified atom stereocenters. The second-order valence-electron chi connectivity index (χ2n) is 3.53. The van der Waals surface area contributed by atoms with E-state index in [1.54, 1.807) is 33.1 Å². The summed E-state index contributed by atoms with van der Waals surface area (Å²) in [5.41, 5.74) is 0.494. The highest BCUT2D eigenvalue weighted by Crippen LogP contribution is 2.11. The molecule has 0 fully saturated rings. The quantitative estimate of drug-likeness (QED) is 0.654. The maximum absolute atomic E-state index is 11.9. The topological polar surface area (TPSA) is 55.1 Å². The lowest BCUT2D eigenvalue weighted by Crippen LogP contribution is -2.25. The third kappa shape index (κ3) is 1.55. The molecule has 0 aliphatic heterocycles. The molecule has 1 heterocycles. The summed E-state index contributed by atoms with van der Waals surface area (Å²) in [6.07, 6.45) is -0.743. The standard InChI is InChI=1S/C10H11BN2O2/c1-6(14)9-12-8-5-3-2-4-7(8)10(15)13(9)11/h2-6,14H,11H2,1H3/t6-/m1/s1. The highest BCUT2D eigenvalue weighted by atomic mass is 16.3. The molecule has 0 bridgehead atoms. The van der Waals surface area contributed by atoms with Gasteiger partial charge >= 0.3 is 0 Å². The van der Waals surface area contributed by atoms with Crippen LogP contribution in [0.5, 0.6) is 0 Å². The van der Waals surface area contributed by atoms with Crippen molar-refractivity contribution >= 4 is 18.9 Å². The normalized spacial score (nSPS) is 12.9. The summed E-state index contributed by atoms with van der Waals surface area (Å²) in [5, 5.41) is 10.0.